The molecule has 0 unspecified atom stereocenters. The van der Waals surface area contributed by atoms with Crippen molar-refractivity contribution in [2.75, 3.05) is 31.6 Å². The quantitative estimate of drug-likeness (QED) is 0.778. The molecule has 0 aliphatic carbocycles. The number of hydrogen-bond acceptors (Lipinski definition) is 7. The van der Waals surface area contributed by atoms with Crippen molar-refractivity contribution < 1.29 is 18.3 Å². The monoisotopic (exact) mass is 411 g/mol. The van der Waals surface area contributed by atoms with Gasteiger partial charge in [0.05, 0.1) is 11.6 Å². The zero-order valence-electron chi connectivity index (χ0n) is 15.3. The van der Waals surface area contributed by atoms with Crippen molar-refractivity contribution in [3.05, 3.63) is 11.0 Å². The third kappa shape index (κ3) is 2.83. The molecule has 5 rings (SSSR count). The lowest BCUT2D eigenvalue weighted by atomic mass is 9.95. The minimum absolute atomic E-state index is 0.00725. The Morgan fingerprint density at radius 2 is 2.25 bits per heavy atom. The summed E-state index contributed by atoms with van der Waals surface area (Å²) in [6, 6.07) is -0.0484. The molecule has 5 heterocycles. The van der Waals surface area contributed by atoms with Crippen LogP contribution in [0.25, 0.3) is 10.9 Å². The number of alkyl halides is 1. The second kappa shape index (κ2) is 6.52. The molecule has 3 atom stereocenters. The van der Waals surface area contributed by atoms with Gasteiger partial charge in [-0.05, 0) is 26.3 Å². The van der Waals surface area contributed by atoms with Crippen LogP contribution in [0.1, 0.15) is 26.2 Å². The Morgan fingerprint density at radius 3 is 3.11 bits per heavy atom. The van der Waals surface area contributed by atoms with E-state index in [1.807, 2.05) is 6.92 Å². The topological polar surface area (TPSA) is 72.4 Å². The van der Waals surface area contributed by atoms with Crippen LogP contribution in [0.5, 0.6) is 11.9 Å². The zero-order valence-corrected chi connectivity index (χ0v) is 16.1. The Balaban J connectivity index is 1.52. The van der Waals surface area contributed by atoms with Crippen molar-refractivity contribution in [1.29, 1.82) is 0 Å². The van der Waals surface area contributed by atoms with Gasteiger partial charge < -0.3 is 14.8 Å². The number of halogens is 3. The second-order valence-electron chi connectivity index (χ2n) is 7.82. The minimum atomic E-state index is -0.851. The third-order valence-electron chi connectivity index (χ3n) is 5.78. The van der Waals surface area contributed by atoms with Gasteiger partial charge in [0, 0.05) is 13.0 Å². The highest BCUT2D eigenvalue weighted by Crippen LogP contribution is 2.41. The summed E-state index contributed by atoms with van der Waals surface area (Å²) >= 11 is 5.92. The minimum Gasteiger partial charge on any atom is -0.475 e. The van der Waals surface area contributed by atoms with Gasteiger partial charge in [0.1, 0.15) is 36.1 Å². The van der Waals surface area contributed by atoms with Crippen molar-refractivity contribution in [3.63, 3.8) is 0 Å². The van der Waals surface area contributed by atoms with Crippen LogP contribution in [0.15, 0.2) is 0 Å². The Labute approximate surface area is 165 Å². The van der Waals surface area contributed by atoms with Crippen LogP contribution >= 0.6 is 11.6 Å². The summed E-state index contributed by atoms with van der Waals surface area (Å²) in [6.07, 6.45) is 1.46. The Kier molecular flexibility index (Phi) is 4.20. The van der Waals surface area contributed by atoms with Crippen molar-refractivity contribution in [2.45, 2.75) is 43.9 Å². The highest BCUT2D eigenvalue weighted by molar-refractivity contribution is 6.30. The summed E-state index contributed by atoms with van der Waals surface area (Å²) in [4.78, 5) is 14.8. The van der Waals surface area contributed by atoms with Crippen LogP contribution in [0, 0.1) is 5.82 Å². The maximum absolute atomic E-state index is 14.7. The number of nitrogens with one attached hydrogen (secondary N) is 1. The molecule has 2 aromatic heterocycles. The molecule has 2 saturated heterocycles. The fourth-order valence-electron chi connectivity index (χ4n) is 4.49. The van der Waals surface area contributed by atoms with Gasteiger partial charge in [-0.1, -0.05) is 11.6 Å². The molecule has 3 aliphatic rings. The van der Waals surface area contributed by atoms with E-state index in [0.29, 0.717) is 30.8 Å². The second-order valence-corrected chi connectivity index (χ2v) is 8.18. The fraction of sp³-hybridized carbons (Fsp3) is 0.611. The Hall–Kier alpha value is -2.00. The first-order chi connectivity index (χ1) is 13.4. The van der Waals surface area contributed by atoms with Gasteiger partial charge >= 0.3 is 6.01 Å². The van der Waals surface area contributed by atoms with Crippen molar-refractivity contribution in [2.24, 2.45) is 0 Å². The van der Waals surface area contributed by atoms with Gasteiger partial charge in [0.2, 0.25) is 5.88 Å². The number of fused-ring (bicyclic) bond motifs is 1. The number of rotatable bonds is 3. The van der Waals surface area contributed by atoms with E-state index in [1.165, 1.54) is 0 Å². The number of aromatic nitrogens is 3. The van der Waals surface area contributed by atoms with Gasteiger partial charge in [-0.2, -0.15) is 15.0 Å². The van der Waals surface area contributed by atoms with Crippen LogP contribution < -0.4 is 14.8 Å². The van der Waals surface area contributed by atoms with E-state index in [0.717, 1.165) is 19.4 Å². The van der Waals surface area contributed by atoms with E-state index in [-0.39, 0.29) is 40.7 Å². The van der Waals surface area contributed by atoms with Gasteiger partial charge in [0.25, 0.3) is 0 Å². The van der Waals surface area contributed by atoms with E-state index in [4.69, 9.17) is 21.1 Å². The smallest absolute Gasteiger partial charge is 0.319 e. The highest BCUT2D eigenvalue weighted by atomic mass is 35.5. The summed E-state index contributed by atoms with van der Waals surface area (Å²) in [6.45, 7) is 3.80. The average molecular weight is 412 g/mol. The van der Waals surface area contributed by atoms with Gasteiger partial charge in [-0.25, -0.2) is 8.78 Å². The first kappa shape index (κ1) is 18.1. The summed E-state index contributed by atoms with van der Waals surface area (Å²) < 4.78 is 40.1. The van der Waals surface area contributed by atoms with Crippen LogP contribution in [-0.2, 0) is 0 Å². The first-order valence-electron chi connectivity index (χ1n) is 9.43. The van der Waals surface area contributed by atoms with Crippen LogP contribution in [0.2, 0.25) is 5.15 Å². The molecule has 2 fully saturated rings. The van der Waals surface area contributed by atoms with Crippen molar-refractivity contribution in [1.82, 2.24) is 19.9 Å². The molecule has 7 nitrogen and oxygen atoms in total. The van der Waals surface area contributed by atoms with Crippen LogP contribution in [0.4, 0.5) is 14.6 Å². The van der Waals surface area contributed by atoms with E-state index < -0.39 is 12.0 Å². The summed E-state index contributed by atoms with van der Waals surface area (Å²) in [5.41, 5.74) is -0.345. The van der Waals surface area contributed by atoms with E-state index in [2.05, 4.69) is 25.2 Å². The Morgan fingerprint density at radius 1 is 1.39 bits per heavy atom. The van der Waals surface area contributed by atoms with Crippen molar-refractivity contribution in [3.8, 4) is 11.9 Å². The van der Waals surface area contributed by atoms with Gasteiger partial charge in [0.15, 0.2) is 11.0 Å². The normalized spacial score (nSPS) is 29.3. The predicted molar refractivity (Wildman–Crippen MR) is 99.4 cm³/mol. The number of pyridine rings is 1. The highest BCUT2D eigenvalue weighted by Gasteiger charge is 2.49. The lowest BCUT2D eigenvalue weighted by molar-refractivity contribution is 0.107. The average Bonchev–Trinajstić information content (AvgIpc) is 3.12. The third-order valence-corrected chi connectivity index (χ3v) is 6.03. The molecule has 1 N–H and O–H groups in total. The molecule has 10 heteroatoms. The standard InChI is InChI=1S/C18H20ClF2N5O2/c1-9-7-27-16-11-13(12(21)14(19)24-16)23-17(25-15(11)22-9)28-8-18-3-2-4-26(18)6-10(20)5-18/h9-10H,2-8H2,1H3,(H,22,23,25)/t9-,10+,18-/m0/s1. The molecule has 28 heavy (non-hydrogen) atoms. The van der Waals surface area contributed by atoms with Gasteiger partial charge in [-0.3, -0.25) is 4.90 Å². The maximum Gasteiger partial charge on any atom is 0.319 e. The maximum atomic E-state index is 14.7. The van der Waals surface area contributed by atoms with Crippen molar-refractivity contribution >= 4 is 28.3 Å². The summed E-state index contributed by atoms with van der Waals surface area (Å²) in [7, 11) is 0. The largest absolute Gasteiger partial charge is 0.475 e. The molecule has 0 amide bonds. The SMILES string of the molecule is C[C@H]1COc2nc(Cl)c(F)c3nc(OC[C@@]45CCCN4C[C@H](F)C5)nc(c23)N1. The molecule has 3 aliphatic heterocycles. The molecule has 2 aromatic rings. The summed E-state index contributed by atoms with van der Waals surface area (Å²) in [5.74, 6) is -0.172. The lowest BCUT2D eigenvalue weighted by Crippen LogP contribution is -2.43. The molecule has 0 spiro atoms. The molecule has 0 radical (unpaired) electrons. The predicted octanol–water partition coefficient (Wildman–Crippen LogP) is 2.97. The lowest BCUT2D eigenvalue weighted by Gasteiger charge is -2.30. The fourth-order valence-corrected chi connectivity index (χ4v) is 4.66. The first-order valence-corrected chi connectivity index (χ1v) is 9.81. The molecular formula is C18H20ClF2N5O2. The van der Waals surface area contributed by atoms with E-state index >= 15 is 0 Å². The number of nitrogens with zero attached hydrogens (tertiary/aromatic N) is 4. The van der Waals surface area contributed by atoms with Gasteiger partial charge in [-0.15, -0.1) is 0 Å². The Bertz CT molecular complexity index is 948. The zero-order chi connectivity index (χ0) is 19.5. The van der Waals surface area contributed by atoms with E-state index in [9.17, 15) is 8.78 Å². The molecular weight excluding hydrogens is 392 g/mol. The van der Waals surface area contributed by atoms with Crippen LogP contribution in [-0.4, -0.2) is 63.9 Å². The molecule has 0 bridgehead atoms. The molecule has 0 saturated carbocycles. The van der Waals surface area contributed by atoms with E-state index in [1.54, 1.807) is 0 Å². The molecule has 150 valence electrons. The number of hydrogen-bond donors (Lipinski definition) is 1. The van der Waals surface area contributed by atoms with Crippen LogP contribution in [0.3, 0.4) is 0 Å². The number of ether oxygens (including phenoxy) is 2. The molecule has 0 aromatic carbocycles. The number of anilines is 1. The summed E-state index contributed by atoms with van der Waals surface area (Å²) in [5, 5.41) is 3.20.